The Hall–Kier alpha value is -2.31. The van der Waals surface area contributed by atoms with Gasteiger partial charge in [0.2, 0.25) is 5.91 Å². The van der Waals surface area contributed by atoms with Crippen molar-refractivity contribution in [2.24, 2.45) is 11.7 Å². The topological polar surface area (TPSA) is 87.9 Å². The monoisotopic (exact) mass is 464 g/mol. The smallest absolute Gasteiger partial charge is 0.370 e. The molecule has 1 saturated carbocycles. The number of benzene rings is 1. The molecule has 1 aromatic carbocycles. The molecule has 7 nitrogen and oxygen atoms in total. The Morgan fingerprint density at radius 1 is 1.31 bits per heavy atom. The van der Waals surface area contributed by atoms with Crippen molar-refractivity contribution in [2.75, 3.05) is 49.6 Å². The maximum absolute atomic E-state index is 13.7. The van der Waals surface area contributed by atoms with E-state index in [9.17, 15) is 31.5 Å². The molecule has 32 heavy (non-hydrogen) atoms. The van der Waals surface area contributed by atoms with E-state index in [0.29, 0.717) is 0 Å². The van der Waals surface area contributed by atoms with Gasteiger partial charge in [-0.1, -0.05) is 0 Å². The number of hydrogen-bond donors (Lipinski definition) is 2. The molecule has 0 radical (unpaired) electrons. The lowest BCUT2D eigenvalue weighted by molar-refractivity contribution is -0.154. The number of nitrogens with zero attached hydrogens (tertiary/aromatic N) is 2. The average molecular weight is 464 g/mol. The minimum Gasteiger partial charge on any atom is -0.370 e. The number of nitrogens with one attached hydrogen (secondary N) is 1. The van der Waals surface area contributed by atoms with Crippen LogP contribution in [-0.4, -0.2) is 68.3 Å². The Morgan fingerprint density at radius 2 is 2.03 bits per heavy atom. The number of anilines is 2. The van der Waals surface area contributed by atoms with E-state index in [-0.39, 0.29) is 50.1 Å². The van der Waals surface area contributed by atoms with Crippen LogP contribution in [0.2, 0.25) is 0 Å². The van der Waals surface area contributed by atoms with Crippen LogP contribution in [0.3, 0.4) is 0 Å². The largest absolute Gasteiger partial charge is 0.401 e. The lowest BCUT2D eigenvalue weighted by Crippen LogP contribution is -2.52. The van der Waals surface area contributed by atoms with Crippen LogP contribution in [0.4, 0.5) is 33.3 Å². The lowest BCUT2D eigenvalue weighted by atomic mass is 10.1. The van der Waals surface area contributed by atoms with E-state index in [0.717, 1.165) is 23.8 Å². The highest BCUT2D eigenvalue weighted by molar-refractivity contribution is 5.97. The summed E-state index contributed by atoms with van der Waals surface area (Å²) in [6.45, 7) is -1.51. The number of halogens is 5. The minimum absolute atomic E-state index is 0.00546. The van der Waals surface area contributed by atoms with E-state index >= 15 is 0 Å². The van der Waals surface area contributed by atoms with E-state index in [2.05, 4.69) is 5.32 Å². The number of carbonyl (C=O) groups excluding carboxylic acids is 2. The maximum atomic E-state index is 13.7. The van der Waals surface area contributed by atoms with Gasteiger partial charge < -0.3 is 20.7 Å². The molecular weight excluding hydrogens is 439 g/mol. The first-order chi connectivity index (χ1) is 15.1. The Bertz CT molecular complexity index is 832. The second kappa shape index (κ2) is 10.1. The van der Waals surface area contributed by atoms with Crippen molar-refractivity contribution < 1.29 is 36.3 Å². The summed E-state index contributed by atoms with van der Waals surface area (Å²) in [7, 11) is 0. The molecule has 1 aromatic rings. The van der Waals surface area contributed by atoms with Crippen molar-refractivity contribution in [1.29, 1.82) is 0 Å². The van der Waals surface area contributed by atoms with Crippen LogP contribution >= 0.6 is 0 Å². The van der Waals surface area contributed by atoms with E-state index in [1.807, 2.05) is 0 Å². The van der Waals surface area contributed by atoms with Gasteiger partial charge >= 0.3 is 6.18 Å². The zero-order valence-electron chi connectivity index (χ0n) is 17.2. The van der Waals surface area contributed by atoms with Crippen molar-refractivity contribution >= 4 is 23.2 Å². The molecule has 3 rings (SSSR count). The molecule has 12 heteroatoms. The summed E-state index contributed by atoms with van der Waals surface area (Å²) in [4.78, 5) is 26.9. The molecule has 0 spiro atoms. The number of nitrogens with two attached hydrogens (primary N) is 1. The van der Waals surface area contributed by atoms with E-state index in [1.54, 1.807) is 0 Å². The van der Waals surface area contributed by atoms with Gasteiger partial charge in [0.1, 0.15) is 12.6 Å². The van der Waals surface area contributed by atoms with Gasteiger partial charge in [0, 0.05) is 30.9 Å². The van der Waals surface area contributed by atoms with E-state index in [1.165, 1.54) is 17.0 Å². The van der Waals surface area contributed by atoms with Gasteiger partial charge in [-0.05, 0) is 37.0 Å². The van der Waals surface area contributed by atoms with Gasteiger partial charge in [0.05, 0.1) is 18.8 Å². The Balaban J connectivity index is 1.78. The molecule has 0 aromatic heterocycles. The number of amides is 2. The fraction of sp³-hybridized carbons (Fsp3) is 0.600. The highest BCUT2D eigenvalue weighted by Crippen LogP contribution is 2.34. The van der Waals surface area contributed by atoms with Crippen LogP contribution in [0.5, 0.6) is 0 Å². The summed E-state index contributed by atoms with van der Waals surface area (Å²) in [6, 6.07) is 2.34. The molecule has 0 unspecified atom stereocenters. The first kappa shape index (κ1) is 24.3. The third kappa shape index (κ3) is 6.36. The zero-order chi connectivity index (χ0) is 23.5. The highest BCUT2D eigenvalue weighted by atomic mass is 19.4. The molecule has 1 atom stereocenters. The van der Waals surface area contributed by atoms with Crippen molar-refractivity contribution in [3.63, 3.8) is 0 Å². The number of hydrogen-bond acceptors (Lipinski definition) is 5. The molecule has 2 fully saturated rings. The molecule has 0 bridgehead atoms. The summed E-state index contributed by atoms with van der Waals surface area (Å²) in [5.41, 5.74) is 5.11. The predicted molar refractivity (Wildman–Crippen MR) is 106 cm³/mol. The first-order valence-corrected chi connectivity index (χ1v) is 10.2. The lowest BCUT2D eigenvalue weighted by Gasteiger charge is -2.31. The SMILES string of the molecule is NC[C@H](C(=O)Nc1ccc(N2CCOCC2=O)c(C(F)F)c1)N(CC1CC1)CC(F)(F)F. The van der Waals surface area contributed by atoms with Gasteiger partial charge in [-0.3, -0.25) is 14.5 Å². The normalized spacial score (nSPS) is 18.4. The standard InChI is InChI=1S/C20H25F5N4O3/c21-18(22)14-7-13(3-4-15(14)29-5-6-32-10-17(29)30)27-19(31)16(8-26)28(9-12-1-2-12)11-20(23,24)25/h3-4,7,12,16,18H,1-2,5-6,8-11,26H2,(H,27,31)/t16-/m1/s1. The zero-order valence-corrected chi connectivity index (χ0v) is 17.2. The fourth-order valence-electron chi connectivity index (χ4n) is 3.64. The fourth-order valence-corrected chi connectivity index (χ4v) is 3.64. The molecule has 1 saturated heterocycles. The van der Waals surface area contributed by atoms with E-state index < -0.39 is 42.6 Å². The molecule has 1 aliphatic carbocycles. The molecule has 178 valence electrons. The molecule has 2 aliphatic rings. The Labute approximate surface area is 181 Å². The minimum atomic E-state index is -4.52. The number of carbonyl (C=O) groups is 2. The maximum Gasteiger partial charge on any atom is 0.401 e. The van der Waals surface area contributed by atoms with Crippen molar-refractivity contribution in [2.45, 2.75) is 31.5 Å². The van der Waals surface area contributed by atoms with Gasteiger partial charge in [-0.2, -0.15) is 13.2 Å². The highest BCUT2D eigenvalue weighted by Gasteiger charge is 2.38. The predicted octanol–water partition coefficient (Wildman–Crippen LogP) is 2.53. The third-order valence-corrected chi connectivity index (χ3v) is 5.35. The number of rotatable bonds is 9. The average Bonchev–Trinajstić information content (AvgIpc) is 3.52. The van der Waals surface area contributed by atoms with Crippen LogP contribution in [-0.2, 0) is 14.3 Å². The summed E-state index contributed by atoms with van der Waals surface area (Å²) < 4.78 is 71.4. The van der Waals surface area contributed by atoms with E-state index in [4.69, 9.17) is 10.5 Å². The summed E-state index contributed by atoms with van der Waals surface area (Å²) in [6.07, 6.45) is -5.89. The van der Waals surface area contributed by atoms with Crippen molar-refractivity contribution in [3.8, 4) is 0 Å². The van der Waals surface area contributed by atoms with Crippen LogP contribution in [0.1, 0.15) is 24.8 Å². The molecule has 3 N–H and O–H groups in total. The van der Waals surface area contributed by atoms with Crippen LogP contribution < -0.4 is 16.0 Å². The number of ether oxygens (including phenoxy) is 1. The third-order valence-electron chi connectivity index (χ3n) is 5.35. The van der Waals surface area contributed by atoms with Gasteiger partial charge in [-0.15, -0.1) is 0 Å². The molecular formula is C20H25F5N4O3. The number of alkyl halides is 5. The van der Waals surface area contributed by atoms with Crippen molar-refractivity contribution in [1.82, 2.24) is 4.90 Å². The molecule has 1 heterocycles. The van der Waals surface area contributed by atoms with Crippen molar-refractivity contribution in [3.05, 3.63) is 23.8 Å². The Kier molecular flexibility index (Phi) is 7.67. The molecule has 2 amide bonds. The van der Waals surface area contributed by atoms with Gasteiger partial charge in [0.15, 0.2) is 0 Å². The summed E-state index contributed by atoms with van der Waals surface area (Å²) in [5.74, 6) is -1.20. The van der Waals surface area contributed by atoms with Crippen LogP contribution in [0.15, 0.2) is 18.2 Å². The van der Waals surface area contributed by atoms with Crippen LogP contribution in [0.25, 0.3) is 0 Å². The first-order valence-electron chi connectivity index (χ1n) is 10.2. The van der Waals surface area contributed by atoms with Gasteiger partial charge in [-0.25, -0.2) is 8.78 Å². The molecule has 1 aliphatic heterocycles. The summed E-state index contributed by atoms with van der Waals surface area (Å²) >= 11 is 0. The second-order valence-corrected chi connectivity index (χ2v) is 7.90. The quantitative estimate of drug-likeness (QED) is 0.549. The van der Waals surface area contributed by atoms with Crippen LogP contribution in [0, 0.1) is 5.92 Å². The second-order valence-electron chi connectivity index (χ2n) is 7.90. The Morgan fingerprint density at radius 3 is 2.59 bits per heavy atom. The number of morpholine rings is 1. The summed E-state index contributed by atoms with van der Waals surface area (Å²) in [5, 5.41) is 2.40. The van der Waals surface area contributed by atoms with Gasteiger partial charge in [0.25, 0.3) is 12.3 Å².